The van der Waals surface area contributed by atoms with Crippen LogP contribution in [0.2, 0.25) is 0 Å². The predicted octanol–water partition coefficient (Wildman–Crippen LogP) is -2.26. The van der Waals surface area contributed by atoms with E-state index in [1.165, 1.54) is 7.05 Å². The van der Waals surface area contributed by atoms with E-state index in [0.29, 0.717) is 0 Å². The molecule has 0 spiro atoms. The first kappa shape index (κ1) is 15.4. The highest BCUT2D eigenvalue weighted by Crippen LogP contribution is 1.96. The summed E-state index contributed by atoms with van der Waals surface area (Å²) in [7, 11) is -2.63. The van der Waals surface area contributed by atoms with Crippen LogP contribution in [0, 0.1) is 0 Å². The summed E-state index contributed by atoms with van der Waals surface area (Å²) in [5.74, 6) is -4.51. The number of hydrogen-bond donors (Lipinski definition) is 3. The van der Waals surface area contributed by atoms with Gasteiger partial charge in [-0.05, 0) is 0 Å². The summed E-state index contributed by atoms with van der Waals surface area (Å²) in [4.78, 5) is 32.2. The Balaban J connectivity index is 4.70. The molecule has 0 saturated carbocycles. The van der Waals surface area contributed by atoms with E-state index >= 15 is 0 Å². The van der Waals surface area contributed by atoms with Gasteiger partial charge in [-0.2, -0.15) is 0 Å². The van der Waals surface area contributed by atoms with Crippen molar-refractivity contribution in [2.45, 2.75) is 13.0 Å². The molecule has 0 aromatic heterocycles. The Labute approximate surface area is 98.3 Å². The maximum atomic E-state index is 11.4. The third-order valence-electron chi connectivity index (χ3n) is 1.73. The van der Waals surface area contributed by atoms with E-state index in [1.807, 2.05) is 5.32 Å². The number of nitrogens with one attached hydrogen (secondary N) is 2. The molecule has 3 N–H and O–H groups in total. The predicted molar refractivity (Wildman–Crippen MR) is 58.0 cm³/mol. The lowest BCUT2D eigenvalue weighted by Crippen LogP contribution is -2.45. The van der Waals surface area contributed by atoms with E-state index in [-0.39, 0.29) is 0 Å². The number of amides is 2. The van der Waals surface area contributed by atoms with Gasteiger partial charge in [-0.25, -0.2) is 13.2 Å². The maximum Gasteiger partial charge on any atom is 0.327 e. The molecule has 0 heterocycles. The Hall–Kier alpha value is -1.64. The van der Waals surface area contributed by atoms with E-state index in [2.05, 4.69) is 5.32 Å². The number of sulfone groups is 1. The average molecular weight is 266 g/mol. The van der Waals surface area contributed by atoms with Crippen molar-refractivity contribution in [3.05, 3.63) is 0 Å². The lowest BCUT2D eigenvalue weighted by molar-refractivity contribution is -0.140. The molecular weight excluding hydrogens is 252 g/mol. The highest BCUT2D eigenvalue weighted by atomic mass is 32.2. The van der Waals surface area contributed by atoms with Crippen molar-refractivity contribution in [2.24, 2.45) is 0 Å². The molecule has 98 valence electrons. The fraction of sp³-hybridized carbons (Fsp3) is 0.625. The van der Waals surface area contributed by atoms with Crippen molar-refractivity contribution in [2.75, 3.05) is 18.6 Å². The highest BCUT2D eigenvalue weighted by Gasteiger charge is 2.27. The van der Waals surface area contributed by atoms with Gasteiger partial charge in [-0.1, -0.05) is 0 Å². The quantitative estimate of drug-likeness (QED) is 0.497. The largest absolute Gasteiger partial charge is 0.480 e. The van der Waals surface area contributed by atoms with Gasteiger partial charge in [-0.3, -0.25) is 9.59 Å². The van der Waals surface area contributed by atoms with E-state index in [9.17, 15) is 22.8 Å². The van der Waals surface area contributed by atoms with Crippen LogP contribution in [-0.4, -0.2) is 55.9 Å². The number of carboxylic acid groups (broad SMARTS) is 1. The molecule has 0 aromatic carbocycles. The van der Waals surface area contributed by atoms with E-state index in [4.69, 9.17) is 5.11 Å². The zero-order valence-corrected chi connectivity index (χ0v) is 10.2. The number of carboxylic acids is 1. The van der Waals surface area contributed by atoms with Gasteiger partial charge in [0.15, 0.2) is 9.84 Å². The standard InChI is InChI=1S/C8H14N2O6S/c1-5(11)10-6(8(13)14)3-17(15,16)4-7(12)9-2/h6H,3-4H2,1-2H3,(H,9,12)(H,10,11)(H,13,14)/t6-/m0/s1. The van der Waals surface area contributed by atoms with Gasteiger partial charge in [0.1, 0.15) is 11.8 Å². The van der Waals surface area contributed by atoms with Crippen molar-refractivity contribution < 1.29 is 27.9 Å². The third kappa shape index (κ3) is 6.51. The second-order valence-electron chi connectivity index (χ2n) is 3.32. The molecule has 0 aliphatic carbocycles. The molecule has 1 atom stereocenters. The Morgan fingerprint density at radius 1 is 1.29 bits per heavy atom. The molecule has 0 aliphatic rings. The zero-order chi connectivity index (χ0) is 13.6. The van der Waals surface area contributed by atoms with E-state index < -0.39 is 45.2 Å². The molecule has 0 aliphatic heterocycles. The fourth-order valence-corrected chi connectivity index (χ4v) is 2.40. The third-order valence-corrected chi connectivity index (χ3v) is 3.27. The second kappa shape index (κ2) is 6.18. The van der Waals surface area contributed by atoms with Crippen LogP contribution in [0.25, 0.3) is 0 Å². The number of hydrogen-bond acceptors (Lipinski definition) is 5. The van der Waals surface area contributed by atoms with Crippen molar-refractivity contribution in [3.8, 4) is 0 Å². The van der Waals surface area contributed by atoms with Gasteiger partial charge in [-0.15, -0.1) is 0 Å². The van der Waals surface area contributed by atoms with Crippen LogP contribution in [0.3, 0.4) is 0 Å². The van der Waals surface area contributed by atoms with Crippen LogP contribution in [0.4, 0.5) is 0 Å². The van der Waals surface area contributed by atoms with Gasteiger partial charge in [0.05, 0.1) is 5.75 Å². The first-order valence-corrected chi connectivity index (χ1v) is 6.41. The van der Waals surface area contributed by atoms with Crippen LogP contribution in [0.15, 0.2) is 0 Å². The minimum absolute atomic E-state index is 0.660. The molecule has 0 rings (SSSR count). The topological polar surface area (TPSA) is 130 Å². The van der Waals surface area contributed by atoms with E-state index in [1.54, 1.807) is 0 Å². The number of aliphatic carboxylic acids is 1. The fourth-order valence-electron chi connectivity index (χ4n) is 1.00. The summed E-state index contributed by atoms with van der Waals surface area (Å²) in [6.07, 6.45) is 0. The minimum Gasteiger partial charge on any atom is -0.480 e. The second-order valence-corrected chi connectivity index (χ2v) is 5.43. The van der Waals surface area contributed by atoms with Crippen molar-refractivity contribution in [1.82, 2.24) is 10.6 Å². The van der Waals surface area contributed by atoms with Crippen LogP contribution in [-0.2, 0) is 24.2 Å². The Morgan fingerprint density at radius 3 is 2.18 bits per heavy atom. The van der Waals surface area contributed by atoms with Gasteiger partial charge in [0, 0.05) is 14.0 Å². The first-order valence-electron chi connectivity index (χ1n) is 4.59. The molecule has 2 amide bonds. The lowest BCUT2D eigenvalue weighted by atomic mass is 10.3. The van der Waals surface area contributed by atoms with Gasteiger partial charge < -0.3 is 15.7 Å². The summed E-state index contributed by atoms with van der Waals surface area (Å²) in [5.41, 5.74) is 0. The number of rotatable bonds is 6. The maximum absolute atomic E-state index is 11.4. The molecule has 8 nitrogen and oxygen atoms in total. The summed E-state index contributed by atoms with van der Waals surface area (Å²) in [6.45, 7) is 1.07. The molecule has 0 aromatic rings. The van der Waals surface area contributed by atoms with Crippen molar-refractivity contribution in [1.29, 1.82) is 0 Å². The Bertz CT molecular complexity index is 416. The van der Waals surface area contributed by atoms with Crippen LogP contribution in [0.5, 0.6) is 0 Å². The Kier molecular flexibility index (Phi) is 5.59. The molecule has 9 heteroatoms. The number of carbonyl (C=O) groups is 3. The summed E-state index contributed by atoms with van der Waals surface area (Å²) in [5, 5.41) is 12.8. The summed E-state index contributed by atoms with van der Waals surface area (Å²) >= 11 is 0. The molecule has 0 saturated heterocycles. The van der Waals surface area contributed by atoms with Crippen LogP contribution in [0.1, 0.15) is 6.92 Å². The van der Waals surface area contributed by atoms with Crippen LogP contribution >= 0.6 is 0 Å². The highest BCUT2D eigenvalue weighted by molar-refractivity contribution is 7.92. The minimum atomic E-state index is -3.89. The van der Waals surface area contributed by atoms with Crippen molar-refractivity contribution >= 4 is 27.6 Å². The zero-order valence-electron chi connectivity index (χ0n) is 9.39. The average Bonchev–Trinajstić information content (AvgIpc) is 2.14. The van der Waals surface area contributed by atoms with Crippen molar-refractivity contribution in [3.63, 3.8) is 0 Å². The van der Waals surface area contributed by atoms with Gasteiger partial charge in [0.25, 0.3) is 0 Å². The monoisotopic (exact) mass is 266 g/mol. The molecule has 0 radical (unpaired) electrons. The normalized spacial score (nSPS) is 12.6. The molecule has 0 unspecified atom stereocenters. The summed E-state index contributed by atoms with van der Waals surface area (Å²) in [6, 6.07) is -1.55. The lowest BCUT2D eigenvalue weighted by Gasteiger charge is -2.12. The first-order chi connectivity index (χ1) is 7.68. The van der Waals surface area contributed by atoms with Gasteiger partial charge in [0.2, 0.25) is 11.8 Å². The molecule has 0 fully saturated rings. The SMILES string of the molecule is CNC(=O)CS(=O)(=O)C[C@H](NC(C)=O)C(=O)O. The molecular formula is C8H14N2O6S. The molecule has 17 heavy (non-hydrogen) atoms. The Morgan fingerprint density at radius 2 is 1.82 bits per heavy atom. The summed E-state index contributed by atoms with van der Waals surface area (Å²) < 4.78 is 22.8. The molecule has 0 bridgehead atoms. The number of carbonyl (C=O) groups excluding carboxylic acids is 2. The van der Waals surface area contributed by atoms with Gasteiger partial charge >= 0.3 is 5.97 Å². The smallest absolute Gasteiger partial charge is 0.327 e. The van der Waals surface area contributed by atoms with E-state index in [0.717, 1.165) is 6.92 Å². The van der Waals surface area contributed by atoms with Crippen LogP contribution < -0.4 is 10.6 Å².